The van der Waals surface area contributed by atoms with E-state index in [0.29, 0.717) is 23.0 Å². The molecule has 0 unspecified atom stereocenters. The van der Waals surface area contributed by atoms with Crippen LogP contribution in [-0.4, -0.2) is 41.9 Å². The lowest BCUT2D eigenvalue weighted by molar-refractivity contribution is 0.0531. The maximum Gasteiger partial charge on any atom is 0.348 e. The highest BCUT2D eigenvalue weighted by atomic mass is 32.1. The van der Waals surface area contributed by atoms with E-state index in [0.717, 1.165) is 27.9 Å². The minimum absolute atomic E-state index is 0.329. The van der Waals surface area contributed by atoms with Gasteiger partial charge in [0.2, 0.25) is 0 Å². The van der Waals surface area contributed by atoms with E-state index < -0.39 is 0 Å². The van der Waals surface area contributed by atoms with Gasteiger partial charge in [-0.3, -0.25) is 4.68 Å². The Bertz CT molecular complexity index is 1090. The summed E-state index contributed by atoms with van der Waals surface area (Å²) >= 11 is 1.32. The second-order valence-corrected chi connectivity index (χ2v) is 6.49. The Morgan fingerprint density at radius 1 is 1.36 bits per heavy atom. The van der Waals surface area contributed by atoms with Crippen molar-refractivity contribution in [1.29, 1.82) is 0 Å². The van der Waals surface area contributed by atoms with Crippen LogP contribution >= 0.6 is 11.3 Å². The van der Waals surface area contributed by atoms with E-state index in [1.165, 1.54) is 11.3 Å². The van der Waals surface area contributed by atoms with Crippen LogP contribution in [0, 0.1) is 6.92 Å². The Hall–Kier alpha value is -2.81. The number of ether oxygens (including phenoxy) is 1. The van der Waals surface area contributed by atoms with Crippen molar-refractivity contribution in [2.24, 2.45) is 0 Å². The molecule has 0 N–H and O–H groups in total. The number of aryl methyl sites for hydroxylation is 2. The van der Waals surface area contributed by atoms with Crippen LogP contribution in [0.2, 0.25) is 0 Å². The summed E-state index contributed by atoms with van der Waals surface area (Å²) in [7, 11) is 0. The second kappa shape index (κ2) is 5.92. The van der Waals surface area contributed by atoms with Crippen LogP contribution in [0.4, 0.5) is 0 Å². The number of aromatic nitrogens is 6. The maximum absolute atomic E-state index is 12.1. The molecular formula is C16H16N6O2S. The molecule has 0 fully saturated rings. The van der Waals surface area contributed by atoms with Crippen molar-refractivity contribution < 1.29 is 9.53 Å². The predicted molar refractivity (Wildman–Crippen MR) is 93.8 cm³/mol. The van der Waals surface area contributed by atoms with Gasteiger partial charge < -0.3 is 4.74 Å². The summed E-state index contributed by atoms with van der Waals surface area (Å²) in [5.41, 5.74) is 2.34. The molecule has 0 amide bonds. The first-order valence-electron chi connectivity index (χ1n) is 7.96. The molecule has 0 saturated carbocycles. The van der Waals surface area contributed by atoms with Gasteiger partial charge in [-0.05, 0) is 26.3 Å². The Kier molecular flexibility index (Phi) is 3.72. The summed E-state index contributed by atoms with van der Waals surface area (Å²) in [6.45, 7) is 6.82. The zero-order chi connectivity index (χ0) is 17.6. The summed E-state index contributed by atoms with van der Waals surface area (Å²) < 4.78 is 8.59. The van der Waals surface area contributed by atoms with Gasteiger partial charge >= 0.3 is 5.97 Å². The third kappa shape index (κ3) is 2.47. The highest BCUT2D eigenvalue weighted by Gasteiger charge is 2.21. The first kappa shape index (κ1) is 15.7. The molecule has 0 bridgehead atoms. The molecule has 0 atom stereocenters. The third-order valence-electron chi connectivity index (χ3n) is 3.94. The van der Waals surface area contributed by atoms with Crippen molar-refractivity contribution in [2.75, 3.05) is 6.61 Å². The van der Waals surface area contributed by atoms with E-state index in [-0.39, 0.29) is 5.97 Å². The van der Waals surface area contributed by atoms with Gasteiger partial charge in [-0.1, -0.05) is 0 Å². The first-order chi connectivity index (χ1) is 12.1. The van der Waals surface area contributed by atoms with E-state index in [9.17, 15) is 4.79 Å². The van der Waals surface area contributed by atoms with Crippen molar-refractivity contribution in [3.8, 4) is 11.4 Å². The SMILES string of the molecule is CCOC(=O)c1sc2ncn3nc(-c4cnn(CC)c4)nc3c2c1C. The van der Waals surface area contributed by atoms with Crippen LogP contribution in [0.1, 0.15) is 29.1 Å². The fourth-order valence-corrected chi connectivity index (χ4v) is 3.74. The highest BCUT2D eigenvalue weighted by molar-refractivity contribution is 7.20. The number of thiophene rings is 1. The average Bonchev–Trinajstić information content (AvgIpc) is 3.30. The zero-order valence-electron chi connectivity index (χ0n) is 14.1. The maximum atomic E-state index is 12.1. The van der Waals surface area contributed by atoms with Crippen molar-refractivity contribution in [3.63, 3.8) is 0 Å². The van der Waals surface area contributed by atoms with Crippen molar-refractivity contribution >= 4 is 33.2 Å². The van der Waals surface area contributed by atoms with Crippen LogP contribution < -0.4 is 0 Å². The molecule has 9 heteroatoms. The van der Waals surface area contributed by atoms with Crippen LogP contribution in [0.5, 0.6) is 0 Å². The highest BCUT2D eigenvalue weighted by Crippen LogP contribution is 2.32. The number of hydrogen-bond acceptors (Lipinski definition) is 7. The van der Waals surface area contributed by atoms with Gasteiger partial charge in [0.25, 0.3) is 0 Å². The molecule has 25 heavy (non-hydrogen) atoms. The normalized spacial score (nSPS) is 11.5. The van der Waals surface area contributed by atoms with Gasteiger partial charge in [0.1, 0.15) is 16.0 Å². The van der Waals surface area contributed by atoms with E-state index in [1.54, 1.807) is 24.0 Å². The summed E-state index contributed by atoms with van der Waals surface area (Å²) in [4.78, 5) is 22.5. The molecule has 128 valence electrons. The van der Waals surface area contributed by atoms with Gasteiger partial charge in [-0.25, -0.2) is 19.3 Å². The Morgan fingerprint density at radius 2 is 2.20 bits per heavy atom. The second-order valence-electron chi connectivity index (χ2n) is 5.49. The molecule has 4 rings (SSSR count). The molecule has 4 heterocycles. The lowest BCUT2D eigenvalue weighted by Gasteiger charge is -1.99. The summed E-state index contributed by atoms with van der Waals surface area (Å²) in [5.74, 6) is 0.252. The minimum atomic E-state index is -0.329. The van der Waals surface area contributed by atoms with E-state index in [4.69, 9.17) is 4.74 Å². The molecule has 4 aromatic heterocycles. The molecule has 8 nitrogen and oxygen atoms in total. The quantitative estimate of drug-likeness (QED) is 0.523. The van der Waals surface area contributed by atoms with Crippen molar-refractivity contribution in [2.45, 2.75) is 27.3 Å². The molecule has 4 aromatic rings. The lowest BCUT2D eigenvalue weighted by atomic mass is 10.2. The number of rotatable bonds is 4. The van der Waals surface area contributed by atoms with Gasteiger partial charge in [0, 0.05) is 12.7 Å². The molecule has 0 saturated heterocycles. The first-order valence-corrected chi connectivity index (χ1v) is 8.78. The van der Waals surface area contributed by atoms with Crippen molar-refractivity contribution in [1.82, 2.24) is 29.4 Å². The van der Waals surface area contributed by atoms with Crippen LogP contribution in [0.15, 0.2) is 18.7 Å². The average molecular weight is 356 g/mol. The smallest absolute Gasteiger partial charge is 0.348 e. The van der Waals surface area contributed by atoms with Gasteiger partial charge in [-0.2, -0.15) is 5.10 Å². The standard InChI is InChI=1S/C16H16N6O2S/c1-4-21-7-10(6-18-21)13-19-14-11-9(3)12(16(23)24-5-2)25-15(11)17-8-22(14)20-13/h6-8H,4-5H2,1-3H3. The van der Waals surface area contributed by atoms with E-state index in [2.05, 4.69) is 20.2 Å². The fourth-order valence-electron chi connectivity index (χ4n) is 2.70. The number of hydrogen-bond donors (Lipinski definition) is 0. The third-order valence-corrected chi connectivity index (χ3v) is 5.12. The van der Waals surface area contributed by atoms with Crippen LogP contribution in [0.3, 0.4) is 0 Å². The number of carbonyl (C=O) groups excluding carboxylic acids is 1. The number of fused-ring (bicyclic) bond motifs is 3. The van der Waals surface area contributed by atoms with E-state index >= 15 is 0 Å². The summed E-state index contributed by atoms with van der Waals surface area (Å²) in [6, 6.07) is 0. The molecule has 0 aliphatic rings. The largest absolute Gasteiger partial charge is 0.462 e. The van der Waals surface area contributed by atoms with Gasteiger partial charge in [0.15, 0.2) is 11.5 Å². The van der Waals surface area contributed by atoms with Crippen molar-refractivity contribution in [3.05, 3.63) is 29.2 Å². The van der Waals surface area contributed by atoms with Crippen LogP contribution in [-0.2, 0) is 11.3 Å². The Labute approximate surface area is 147 Å². The topological polar surface area (TPSA) is 87.2 Å². The molecule has 0 aliphatic carbocycles. The molecular weight excluding hydrogens is 340 g/mol. The van der Waals surface area contributed by atoms with Gasteiger partial charge in [0.05, 0.1) is 23.8 Å². The van der Waals surface area contributed by atoms with Crippen LogP contribution in [0.25, 0.3) is 27.3 Å². The molecule has 0 spiro atoms. The predicted octanol–water partition coefficient (Wildman–Crippen LogP) is 2.71. The minimum Gasteiger partial charge on any atom is -0.462 e. The summed E-state index contributed by atoms with van der Waals surface area (Å²) in [5, 5.41) is 9.58. The molecule has 0 aliphatic heterocycles. The molecule has 0 aromatic carbocycles. The summed E-state index contributed by atoms with van der Waals surface area (Å²) in [6.07, 6.45) is 5.26. The molecule has 0 radical (unpaired) electrons. The monoisotopic (exact) mass is 356 g/mol. The fraction of sp³-hybridized carbons (Fsp3) is 0.312. The number of nitrogens with zero attached hydrogens (tertiary/aromatic N) is 6. The Morgan fingerprint density at radius 3 is 2.92 bits per heavy atom. The van der Waals surface area contributed by atoms with Gasteiger partial charge in [-0.15, -0.1) is 16.4 Å². The number of esters is 1. The Balaban J connectivity index is 1.89. The number of carbonyl (C=O) groups is 1. The lowest BCUT2D eigenvalue weighted by Crippen LogP contribution is -2.03. The van der Waals surface area contributed by atoms with E-state index in [1.807, 2.05) is 24.7 Å². The zero-order valence-corrected chi connectivity index (χ0v) is 14.9.